The molecule has 2 aliphatic rings. The van der Waals surface area contributed by atoms with Crippen LogP contribution in [0, 0.1) is 0 Å². The zero-order valence-corrected chi connectivity index (χ0v) is 13.8. The van der Waals surface area contributed by atoms with Gasteiger partial charge in [-0.25, -0.2) is 8.42 Å². The Bertz CT molecular complexity index is 704. The highest BCUT2D eigenvalue weighted by Gasteiger charge is 2.27. The number of hydrogen-bond donors (Lipinski definition) is 1. The summed E-state index contributed by atoms with van der Waals surface area (Å²) in [7, 11) is -3.24. The third-order valence-electron chi connectivity index (χ3n) is 4.02. The molecule has 126 valence electrons. The van der Waals surface area contributed by atoms with E-state index in [2.05, 4.69) is 5.32 Å². The largest absolute Gasteiger partial charge is 0.492 e. The first-order chi connectivity index (χ1) is 10.9. The quantitative estimate of drug-likeness (QED) is 0.835. The van der Waals surface area contributed by atoms with Gasteiger partial charge in [-0.3, -0.25) is 4.79 Å². The minimum atomic E-state index is -3.24. The van der Waals surface area contributed by atoms with Crippen molar-refractivity contribution >= 4 is 15.9 Å². The van der Waals surface area contributed by atoms with Crippen LogP contribution in [-0.2, 0) is 21.2 Å². The van der Waals surface area contributed by atoms with Gasteiger partial charge in [-0.15, -0.1) is 0 Å². The molecule has 1 fully saturated rings. The number of carbonyl (C=O) groups excluding carboxylic acids is 1. The number of carbonyl (C=O) groups is 1. The van der Waals surface area contributed by atoms with Gasteiger partial charge in [0.2, 0.25) is 10.0 Å². The third-order valence-corrected chi connectivity index (χ3v) is 5.29. The lowest BCUT2D eigenvalue weighted by Gasteiger charge is -2.31. The van der Waals surface area contributed by atoms with Crippen molar-refractivity contribution in [2.24, 2.45) is 0 Å². The molecule has 3 rings (SSSR count). The van der Waals surface area contributed by atoms with Gasteiger partial charge >= 0.3 is 0 Å². The van der Waals surface area contributed by atoms with Gasteiger partial charge in [0.1, 0.15) is 5.75 Å². The Labute approximate surface area is 135 Å². The molecule has 0 aliphatic carbocycles. The van der Waals surface area contributed by atoms with Crippen LogP contribution in [0.15, 0.2) is 18.2 Å². The van der Waals surface area contributed by atoms with Gasteiger partial charge in [0.25, 0.3) is 5.91 Å². The number of morpholine rings is 1. The van der Waals surface area contributed by atoms with E-state index in [1.807, 2.05) is 12.1 Å². The van der Waals surface area contributed by atoms with Crippen LogP contribution >= 0.6 is 0 Å². The molecular formula is C15H20N2O5S. The number of nitrogens with one attached hydrogen (secondary N) is 1. The normalized spacial score (nSPS) is 21.5. The van der Waals surface area contributed by atoms with Gasteiger partial charge in [0, 0.05) is 26.1 Å². The number of fused-ring (bicyclic) bond motifs is 1. The predicted molar refractivity (Wildman–Crippen MR) is 84.1 cm³/mol. The molecule has 2 heterocycles. The maximum absolute atomic E-state index is 12.3. The molecule has 2 aliphatic heterocycles. The summed E-state index contributed by atoms with van der Waals surface area (Å²) in [6, 6.07) is 5.52. The van der Waals surface area contributed by atoms with E-state index in [4.69, 9.17) is 9.47 Å². The van der Waals surface area contributed by atoms with E-state index in [1.165, 1.54) is 10.6 Å². The van der Waals surface area contributed by atoms with Gasteiger partial charge in [-0.1, -0.05) is 12.1 Å². The van der Waals surface area contributed by atoms with Gasteiger partial charge in [0.15, 0.2) is 0 Å². The van der Waals surface area contributed by atoms with Crippen LogP contribution in [0.3, 0.4) is 0 Å². The molecule has 1 aromatic carbocycles. The monoisotopic (exact) mass is 340 g/mol. The van der Waals surface area contributed by atoms with Gasteiger partial charge in [-0.05, 0) is 11.6 Å². The highest BCUT2D eigenvalue weighted by Crippen LogP contribution is 2.29. The number of nitrogens with zero attached hydrogens (tertiary/aromatic N) is 1. The zero-order chi connectivity index (χ0) is 16.4. The molecule has 1 atom stereocenters. The second kappa shape index (κ2) is 6.46. The SMILES string of the molecule is CS(=O)(=O)N1CCO[C@@H](CNC(=O)c2cccc3c2OCC3)C1. The Morgan fingerprint density at radius 2 is 2.22 bits per heavy atom. The fraction of sp³-hybridized carbons (Fsp3) is 0.533. The molecule has 1 N–H and O–H groups in total. The van der Waals surface area contributed by atoms with E-state index in [9.17, 15) is 13.2 Å². The first-order valence-corrected chi connectivity index (χ1v) is 9.39. The topological polar surface area (TPSA) is 84.9 Å². The Morgan fingerprint density at radius 3 is 3.00 bits per heavy atom. The number of amides is 1. The Balaban J connectivity index is 1.60. The van der Waals surface area contributed by atoms with E-state index in [0.717, 1.165) is 12.0 Å². The average Bonchev–Trinajstić information content (AvgIpc) is 3.00. The number of rotatable bonds is 4. The molecule has 0 radical (unpaired) electrons. The molecule has 0 saturated carbocycles. The average molecular weight is 340 g/mol. The van der Waals surface area contributed by atoms with E-state index >= 15 is 0 Å². The Morgan fingerprint density at radius 1 is 1.39 bits per heavy atom. The fourth-order valence-electron chi connectivity index (χ4n) is 2.81. The maximum Gasteiger partial charge on any atom is 0.255 e. The Hall–Kier alpha value is -1.64. The van der Waals surface area contributed by atoms with Gasteiger partial charge < -0.3 is 14.8 Å². The number of para-hydroxylation sites is 1. The van der Waals surface area contributed by atoms with Crippen LogP contribution in [0.4, 0.5) is 0 Å². The standard InChI is InChI=1S/C15H20N2O5S/c1-23(19,20)17-6-8-21-12(10-17)9-16-15(18)13-4-2-3-11-5-7-22-14(11)13/h2-4,12H,5-10H2,1H3,(H,16,18)/t12-/m0/s1. The fourth-order valence-corrected chi connectivity index (χ4v) is 3.66. The minimum absolute atomic E-state index is 0.233. The summed E-state index contributed by atoms with van der Waals surface area (Å²) in [5.41, 5.74) is 1.55. The number of hydrogen-bond acceptors (Lipinski definition) is 5. The van der Waals surface area contributed by atoms with Crippen molar-refractivity contribution < 1.29 is 22.7 Å². The second-order valence-electron chi connectivity index (χ2n) is 5.72. The van der Waals surface area contributed by atoms with Gasteiger partial charge in [-0.2, -0.15) is 4.31 Å². The summed E-state index contributed by atoms with van der Waals surface area (Å²) < 4.78 is 35.6. The molecule has 1 aromatic rings. The van der Waals surface area contributed by atoms with Crippen molar-refractivity contribution in [1.29, 1.82) is 0 Å². The van der Waals surface area contributed by atoms with Crippen LogP contribution in [-0.4, -0.2) is 63.8 Å². The molecule has 0 unspecified atom stereocenters. The molecule has 1 saturated heterocycles. The first kappa shape index (κ1) is 16.2. The van der Waals surface area contributed by atoms with E-state index < -0.39 is 10.0 Å². The Kier molecular flexibility index (Phi) is 4.56. The lowest BCUT2D eigenvalue weighted by molar-refractivity contribution is 0.000424. The van der Waals surface area contributed by atoms with Crippen molar-refractivity contribution in [3.05, 3.63) is 29.3 Å². The lowest BCUT2D eigenvalue weighted by atomic mass is 10.1. The lowest BCUT2D eigenvalue weighted by Crippen LogP contribution is -2.49. The van der Waals surface area contributed by atoms with E-state index in [0.29, 0.717) is 31.1 Å². The zero-order valence-electron chi connectivity index (χ0n) is 12.9. The van der Waals surface area contributed by atoms with Crippen molar-refractivity contribution in [2.75, 3.05) is 39.1 Å². The molecule has 0 aromatic heterocycles. The number of benzene rings is 1. The van der Waals surface area contributed by atoms with Gasteiger partial charge in [0.05, 0.1) is 31.1 Å². The molecular weight excluding hydrogens is 320 g/mol. The highest BCUT2D eigenvalue weighted by molar-refractivity contribution is 7.88. The summed E-state index contributed by atoms with van der Waals surface area (Å²) in [5, 5.41) is 2.80. The summed E-state index contributed by atoms with van der Waals surface area (Å²) in [5.74, 6) is 0.413. The van der Waals surface area contributed by atoms with Crippen LogP contribution in [0.2, 0.25) is 0 Å². The van der Waals surface area contributed by atoms with Crippen molar-refractivity contribution in [3.63, 3.8) is 0 Å². The number of sulfonamides is 1. The molecule has 8 heteroatoms. The highest BCUT2D eigenvalue weighted by atomic mass is 32.2. The predicted octanol–water partition coefficient (Wildman–Crippen LogP) is 0.0117. The summed E-state index contributed by atoms with van der Waals surface area (Å²) in [6.45, 7) is 1.78. The second-order valence-corrected chi connectivity index (χ2v) is 7.70. The summed E-state index contributed by atoms with van der Waals surface area (Å²) >= 11 is 0. The summed E-state index contributed by atoms with van der Waals surface area (Å²) in [6.07, 6.45) is 1.64. The van der Waals surface area contributed by atoms with Crippen LogP contribution < -0.4 is 10.1 Å². The van der Waals surface area contributed by atoms with E-state index in [1.54, 1.807) is 6.07 Å². The third kappa shape index (κ3) is 3.65. The molecule has 0 spiro atoms. The van der Waals surface area contributed by atoms with Crippen LogP contribution in [0.5, 0.6) is 5.75 Å². The smallest absolute Gasteiger partial charge is 0.255 e. The molecule has 23 heavy (non-hydrogen) atoms. The maximum atomic E-state index is 12.3. The van der Waals surface area contributed by atoms with Crippen molar-refractivity contribution in [2.45, 2.75) is 12.5 Å². The van der Waals surface area contributed by atoms with E-state index in [-0.39, 0.29) is 25.1 Å². The summed E-state index contributed by atoms with van der Waals surface area (Å²) in [4.78, 5) is 12.3. The molecule has 0 bridgehead atoms. The van der Waals surface area contributed by atoms with Crippen LogP contribution in [0.25, 0.3) is 0 Å². The van der Waals surface area contributed by atoms with Crippen molar-refractivity contribution in [3.8, 4) is 5.75 Å². The molecule has 7 nitrogen and oxygen atoms in total. The minimum Gasteiger partial charge on any atom is -0.492 e. The van der Waals surface area contributed by atoms with Crippen LogP contribution in [0.1, 0.15) is 15.9 Å². The van der Waals surface area contributed by atoms with Crippen molar-refractivity contribution in [1.82, 2.24) is 9.62 Å². The molecule has 1 amide bonds. The number of ether oxygens (including phenoxy) is 2. The first-order valence-electron chi connectivity index (χ1n) is 7.55.